The molecule has 0 spiro atoms. The maximum atomic E-state index is 14.3. The van der Waals surface area contributed by atoms with E-state index < -0.39 is 6.43 Å². The second-order valence-corrected chi connectivity index (χ2v) is 8.47. The van der Waals surface area contributed by atoms with Gasteiger partial charge in [0.15, 0.2) is 0 Å². The van der Waals surface area contributed by atoms with E-state index in [0.29, 0.717) is 35.7 Å². The van der Waals surface area contributed by atoms with Crippen LogP contribution in [0.2, 0.25) is 0 Å². The zero-order valence-corrected chi connectivity index (χ0v) is 19.2. The van der Waals surface area contributed by atoms with Crippen LogP contribution in [0.1, 0.15) is 34.5 Å². The quantitative estimate of drug-likeness (QED) is 0.428. The van der Waals surface area contributed by atoms with Crippen molar-refractivity contribution in [2.75, 3.05) is 25.1 Å². The standard InChI is InChI=1S/C26H25F2N5O2/c1-29-26(35)22-12-16-5-2-3-7-19(16)25(31-22)33-8-4-6-17-11-20(21(24(27)28)13-23(17)33)18-14-30-32(15-18)9-10-34/h2-3,5,7,11-15,24,34H,4,6,8-10H2,1H3,(H,29,35). The summed E-state index contributed by atoms with van der Waals surface area (Å²) >= 11 is 0. The number of hydrogen-bond acceptors (Lipinski definition) is 5. The fraction of sp³-hybridized carbons (Fsp3) is 0.269. The van der Waals surface area contributed by atoms with E-state index in [0.717, 1.165) is 29.2 Å². The lowest BCUT2D eigenvalue weighted by Gasteiger charge is -2.32. The molecule has 180 valence electrons. The zero-order valence-electron chi connectivity index (χ0n) is 19.2. The Balaban J connectivity index is 1.67. The smallest absolute Gasteiger partial charge is 0.269 e. The van der Waals surface area contributed by atoms with Gasteiger partial charge in [0.05, 0.1) is 19.3 Å². The maximum absolute atomic E-state index is 14.3. The molecule has 2 aromatic carbocycles. The van der Waals surface area contributed by atoms with Gasteiger partial charge >= 0.3 is 0 Å². The SMILES string of the molecule is CNC(=O)c1cc2ccccc2c(N2CCCc3cc(-c4cnn(CCO)c4)c(C(F)F)cc32)n1. The molecule has 1 amide bonds. The first-order valence-corrected chi connectivity index (χ1v) is 11.5. The minimum Gasteiger partial charge on any atom is -0.394 e. The molecule has 0 aliphatic carbocycles. The first-order chi connectivity index (χ1) is 17.0. The highest BCUT2D eigenvalue weighted by Crippen LogP contribution is 2.42. The number of aliphatic hydroxyl groups is 1. The number of carbonyl (C=O) groups is 1. The maximum Gasteiger partial charge on any atom is 0.269 e. The number of nitrogens with zero attached hydrogens (tertiary/aromatic N) is 4. The Hall–Kier alpha value is -3.85. The number of aliphatic hydroxyl groups excluding tert-OH is 1. The van der Waals surface area contributed by atoms with Crippen LogP contribution in [-0.4, -0.2) is 46.0 Å². The number of pyridine rings is 1. The Labute approximate surface area is 201 Å². The second kappa shape index (κ2) is 9.42. The topological polar surface area (TPSA) is 83.3 Å². The average Bonchev–Trinajstić information content (AvgIpc) is 3.35. The lowest BCUT2D eigenvalue weighted by Crippen LogP contribution is -2.27. The number of carbonyl (C=O) groups excluding carboxylic acids is 1. The van der Waals surface area contributed by atoms with Crippen LogP contribution in [0.15, 0.2) is 54.9 Å². The third-order valence-electron chi connectivity index (χ3n) is 6.31. The molecule has 2 N–H and O–H groups in total. The molecule has 7 nitrogen and oxygen atoms in total. The summed E-state index contributed by atoms with van der Waals surface area (Å²) in [6, 6.07) is 12.7. The summed E-state index contributed by atoms with van der Waals surface area (Å²) in [6.07, 6.45) is 2.07. The van der Waals surface area contributed by atoms with Crippen molar-refractivity contribution in [3.05, 3.63) is 71.7 Å². The summed E-state index contributed by atoms with van der Waals surface area (Å²) in [5.41, 5.74) is 2.80. The van der Waals surface area contributed by atoms with E-state index in [1.807, 2.05) is 35.2 Å². The number of benzene rings is 2. The number of alkyl halides is 2. The molecule has 0 bridgehead atoms. The number of nitrogens with one attached hydrogen (secondary N) is 1. The predicted molar refractivity (Wildman–Crippen MR) is 130 cm³/mol. The molecule has 35 heavy (non-hydrogen) atoms. The largest absolute Gasteiger partial charge is 0.394 e. The molecular weight excluding hydrogens is 452 g/mol. The van der Waals surface area contributed by atoms with Crippen LogP contribution in [0.3, 0.4) is 0 Å². The number of anilines is 2. The molecule has 5 rings (SSSR count). The van der Waals surface area contributed by atoms with Gasteiger partial charge in [-0.15, -0.1) is 0 Å². The Morgan fingerprint density at radius 2 is 2.06 bits per heavy atom. The molecular formula is C26H25F2N5O2. The van der Waals surface area contributed by atoms with Crippen LogP contribution < -0.4 is 10.2 Å². The van der Waals surface area contributed by atoms with Crippen molar-refractivity contribution in [3.63, 3.8) is 0 Å². The van der Waals surface area contributed by atoms with Gasteiger partial charge in [-0.2, -0.15) is 5.10 Å². The Morgan fingerprint density at radius 3 is 2.83 bits per heavy atom. The highest BCUT2D eigenvalue weighted by molar-refractivity contribution is 6.01. The van der Waals surface area contributed by atoms with Gasteiger partial charge in [0.2, 0.25) is 0 Å². The lowest BCUT2D eigenvalue weighted by molar-refractivity contribution is 0.0958. The molecule has 0 radical (unpaired) electrons. The molecule has 0 saturated heterocycles. The van der Waals surface area contributed by atoms with E-state index in [1.54, 1.807) is 31.6 Å². The zero-order chi connectivity index (χ0) is 24.5. The Bertz CT molecular complexity index is 1400. The van der Waals surface area contributed by atoms with E-state index in [4.69, 9.17) is 5.11 Å². The summed E-state index contributed by atoms with van der Waals surface area (Å²) in [4.78, 5) is 19.0. The van der Waals surface area contributed by atoms with Crippen molar-refractivity contribution in [1.82, 2.24) is 20.1 Å². The van der Waals surface area contributed by atoms with Gasteiger partial charge in [-0.3, -0.25) is 9.48 Å². The molecule has 3 heterocycles. The molecule has 2 aromatic heterocycles. The van der Waals surface area contributed by atoms with Crippen LogP contribution in [-0.2, 0) is 13.0 Å². The summed E-state index contributed by atoms with van der Waals surface area (Å²) in [5.74, 6) is 0.268. The van der Waals surface area contributed by atoms with Gasteiger partial charge < -0.3 is 15.3 Å². The fourth-order valence-corrected chi connectivity index (χ4v) is 4.66. The van der Waals surface area contributed by atoms with E-state index in [-0.39, 0.29) is 23.8 Å². The Kier molecular flexibility index (Phi) is 6.17. The summed E-state index contributed by atoms with van der Waals surface area (Å²) in [7, 11) is 1.55. The van der Waals surface area contributed by atoms with Gasteiger partial charge in [0.25, 0.3) is 12.3 Å². The number of rotatable bonds is 6. The minimum atomic E-state index is -2.69. The second-order valence-electron chi connectivity index (χ2n) is 8.47. The summed E-state index contributed by atoms with van der Waals surface area (Å²) in [5, 5.41) is 17.7. The van der Waals surface area contributed by atoms with Crippen LogP contribution >= 0.6 is 0 Å². The first-order valence-electron chi connectivity index (χ1n) is 11.5. The highest BCUT2D eigenvalue weighted by Gasteiger charge is 2.27. The van der Waals surface area contributed by atoms with E-state index in [1.165, 1.54) is 4.68 Å². The summed E-state index contributed by atoms with van der Waals surface area (Å²) < 4.78 is 30.1. The van der Waals surface area contributed by atoms with Crippen molar-refractivity contribution in [3.8, 4) is 11.1 Å². The van der Waals surface area contributed by atoms with Gasteiger partial charge in [0, 0.05) is 42.0 Å². The van der Waals surface area contributed by atoms with Crippen LogP contribution in [0.25, 0.3) is 21.9 Å². The van der Waals surface area contributed by atoms with Gasteiger partial charge in [-0.25, -0.2) is 13.8 Å². The molecule has 0 fully saturated rings. The van der Waals surface area contributed by atoms with Crippen molar-refractivity contribution in [1.29, 1.82) is 0 Å². The van der Waals surface area contributed by atoms with E-state index in [9.17, 15) is 13.6 Å². The minimum absolute atomic E-state index is 0.0853. The average molecular weight is 478 g/mol. The molecule has 9 heteroatoms. The predicted octanol–water partition coefficient (Wildman–Crippen LogP) is 4.47. The molecule has 1 aliphatic heterocycles. The number of amides is 1. The van der Waals surface area contributed by atoms with Crippen molar-refractivity contribution < 1.29 is 18.7 Å². The van der Waals surface area contributed by atoms with Gasteiger partial charge in [-0.1, -0.05) is 24.3 Å². The molecule has 0 unspecified atom stereocenters. The number of aryl methyl sites for hydroxylation is 1. The fourth-order valence-electron chi connectivity index (χ4n) is 4.66. The number of fused-ring (bicyclic) bond motifs is 2. The number of hydrogen-bond donors (Lipinski definition) is 2. The lowest BCUT2D eigenvalue weighted by atomic mass is 9.93. The monoisotopic (exact) mass is 477 g/mol. The highest BCUT2D eigenvalue weighted by atomic mass is 19.3. The third kappa shape index (κ3) is 4.23. The third-order valence-corrected chi connectivity index (χ3v) is 6.31. The van der Waals surface area contributed by atoms with Crippen molar-refractivity contribution in [2.45, 2.75) is 25.8 Å². The van der Waals surface area contributed by atoms with Crippen LogP contribution in [0.4, 0.5) is 20.3 Å². The molecule has 0 atom stereocenters. The van der Waals surface area contributed by atoms with E-state index >= 15 is 0 Å². The number of halogens is 2. The Morgan fingerprint density at radius 1 is 1.23 bits per heavy atom. The normalized spacial score (nSPS) is 13.3. The number of aromatic nitrogens is 3. The van der Waals surface area contributed by atoms with Gasteiger partial charge in [-0.05, 0) is 47.6 Å². The van der Waals surface area contributed by atoms with Crippen LogP contribution in [0.5, 0.6) is 0 Å². The van der Waals surface area contributed by atoms with E-state index in [2.05, 4.69) is 15.4 Å². The van der Waals surface area contributed by atoms with Crippen molar-refractivity contribution in [2.24, 2.45) is 0 Å². The first kappa shape index (κ1) is 22.9. The summed E-state index contributed by atoms with van der Waals surface area (Å²) in [6.45, 7) is 0.804. The van der Waals surface area contributed by atoms with Crippen molar-refractivity contribution >= 4 is 28.2 Å². The van der Waals surface area contributed by atoms with Gasteiger partial charge in [0.1, 0.15) is 11.5 Å². The molecule has 0 saturated carbocycles. The molecule has 1 aliphatic rings. The van der Waals surface area contributed by atoms with Crippen LogP contribution in [0, 0.1) is 0 Å². The molecule has 4 aromatic rings.